The molecule has 1 heterocycles. The van der Waals surface area contributed by atoms with Crippen molar-refractivity contribution in [3.8, 4) is 0 Å². The van der Waals surface area contributed by atoms with E-state index in [-0.39, 0.29) is 6.10 Å². The molecule has 11 heavy (non-hydrogen) atoms. The average Bonchev–Trinajstić information content (AvgIpc) is 1.85. The zero-order valence-corrected chi connectivity index (χ0v) is 6.95. The van der Waals surface area contributed by atoms with E-state index >= 15 is 0 Å². The Hall–Kier alpha value is -0.535. The maximum atomic E-state index is 9.14. The summed E-state index contributed by atoms with van der Waals surface area (Å²) in [5.74, 6) is 1.74. The van der Waals surface area contributed by atoms with Gasteiger partial charge in [-0.3, -0.25) is 0 Å². The first-order valence-corrected chi connectivity index (χ1v) is 3.86. The molecule has 0 radical (unpaired) electrons. The van der Waals surface area contributed by atoms with Crippen molar-refractivity contribution >= 4 is 7.12 Å². The van der Waals surface area contributed by atoms with Gasteiger partial charge in [0.25, 0.3) is 0 Å². The van der Waals surface area contributed by atoms with Crippen LogP contribution in [0.15, 0.2) is 23.7 Å². The van der Waals surface area contributed by atoms with Gasteiger partial charge in [-0.15, -0.1) is 0 Å². The van der Waals surface area contributed by atoms with E-state index in [1.807, 2.05) is 26.0 Å². The molecule has 1 unspecified atom stereocenters. The second-order valence-corrected chi connectivity index (χ2v) is 2.81. The molecule has 0 fully saturated rings. The summed E-state index contributed by atoms with van der Waals surface area (Å²) >= 11 is 0. The molecule has 60 valence electrons. The quantitative estimate of drug-likeness (QED) is 0.453. The first-order valence-electron chi connectivity index (χ1n) is 3.86. The molecule has 0 aliphatic carbocycles. The molecule has 0 amide bonds. The van der Waals surface area contributed by atoms with Crippen molar-refractivity contribution < 1.29 is 9.68 Å². The van der Waals surface area contributed by atoms with Gasteiger partial charge in [0.2, 0.25) is 0 Å². The van der Waals surface area contributed by atoms with Crippen molar-refractivity contribution in [3.63, 3.8) is 0 Å². The Morgan fingerprint density at radius 1 is 1.82 bits per heavy atom. The molecule has 0 spiro atoms. The monoisotopic (exact) mass is 152 g/mol. The van der Waals surface area contributed by atoms with Gasteiger partial charge < -0.3 is 9.68 Å². The minimum atomic E-state index is -0.718. The van der Waals surface area contributed by atoms with E-state index in [1.54, 1.807) is 5.98 Å². The molecule has 1 atom stereocenters. The lowest BCUT2D eigenvalue weighted by Gasteiger charge is -2.20. The number of allylic oxidation sites excluding steroid dienone is 1. The van der Waals surface area contributed by atoms with Gasteiger partial charge >= 0.3 is 7.12 Å². The van der Waals surface area contributed by atoms with Crippen molar-refractivity contribution in [1.29, 1.82) is 0 Å². The second-order valence-electron chi connectivity index (χ2n) is 2.81. The van der Waals surface area contributed by atoms with E-state index in [0.29, 0.717) is 0 Å². The predicted octanol–water partition coefficient (Wildman–Crippen LogP) is 1.32. The average molecular weight is 152 g/mol. The third-order valence-electron chi connectivity index (χ3n) is 1.67. The van der Waals surface area contributed by atoms with E-state index in [0.717, 1.165) is 6.42 Å². The van der Waals surface area contributed by atoms with Crippen LogP contribution in [0.3, 0.4) is 0 Å². The Morgan fingerprint density at radius 3 is 3.09 bits per heavy atom. The first kappa shape index (κ1) is 8.56. The fourth-order valence-electron chi connectivity index (χ4n) is 1.22. The zero-order valence-electron chi connectivity index (χ0n) is 6.95. The second kappa shape index (κ2) is 3.74. The molecule has 1 aliphatic rings. The van der Waals surface area contributed by atoms with Gasteiger partial charge in [-0.1, -0.05) is 23.7 Å². The van der Waals surface area contributed by atoms with Crippen molar-refractivity contribution in [2.24, 2.45) is 0 Å². The summed E-state index contributed by atoms with van der Waals surface area (Å²) in [6.07, 6.45) is 4.84. The SMILES string of the molecule is C/C=C/C1CC(C)=CB(O)O1. The molecule has 0 aromatic rings. The van der Waals surface area contributed by atoms with Crippen LogP contribution in [0.2, 0.25) is 0 Å². The molecule has 0 saturated carbocycles. The van der Waals surface area contributed by atoms with Gasteiger partial charge in [-0.2, -0.15) is 0 Å². The highest BCUT2D eigenvalue weighted by Gasteiger charge is 2.20. The number of hydrogen-bond donors (Lipinski definition) is 1. The summed E-state index contributed by atoms with van der Waals surface area (Å²) < 4.78 is 5.19. The van der Waals surface area contributed by atoms with Crippen LogP contribution >= 0.6 is 0 Å². The Kier molecular flexibility index (Phi) is 2.91. The largest absolute Gasteiger partial charge is 0.483 e. The van der Waals surface area contributed by atoms with Gasteiger partial charge in [0.1, 0.15) is 0 Å². The number of hydrogen-bond acceptors (Lipinski definition) is 2. The van der Waals surface area contributed by atoms with Crippen molar-refractivity contribution in [2.75, 3.05) is 0 Å². The van der Waals surface area contributed by atoms with Crippen LogP contribution < -0.4 is 0 Å². The normalized spacial score (nSPS) is 25.9. The highest BCUT2D eigenvalue weighted by molar-refractivity contribution is 6.49. The summed E-state index contributed by atoms with van der Waals surface area (Å²) in [5, 5.41) is 9.14. The fraction of sp³-hybridized carbons (Fsp3) is 0.500. The van der Waals surface area contributed by atoms with Crippen LogP contribution in [0.1, 0.15) is 20.3 Å². The third kappa shape index (κ3) is 2.52. The van der Waals surface area contributed by atoms with Crippen molar-refractivity contribution in [3.05, 3.63) is 23.7 Å². The summed E-state index contributed by atoms with van der Waals surface area (Å²) in [4.78, 5) is 0. The molecular weight excluding hydrogens is 139 g/mol. The molecule has 0 aromatic carbocycles. The lowest BCUT2D eigenvalue weighted by Crippen LogP contribution is -2.27. The lowest BCUT2D eigenvalue weighted by atomic mass is 9.82. The summed E-state index contributed by atoms with van der Waals surface area (Å²) in [7, 11) is -0.718. The van der Waals surface area contributed by atoms with E-state index in [9.17, 15) is 0 Å². The van der Waals surface area contributed by atoms with Crippen LogP contribution in [0.5, 0.6) is 0 Å². The van der Waals surface area contributed by atoms with Crippen molar-refractivity contribution in [2.45, 2.75) is 26.4 Å². The number of rotatable bonds is 1. The van der Waals surface area contributed by atoms with Crippen LogP contribution in [0, 0.1) is 0 Å². The van der Waals surface area contributed by atoms with E-state index < -0.39 is 7.12 Å². The van der Waals surface area contributed by atoms with Gasteiger partial charge in [0.15, 0.2) is 0 Å². The standard InChI is InChI=1S/C8H13BO2/c1-3-4-8-5-7(2)6-9(10)11-8/h3-4,6,8,10H,5H2,1-2H3/b4-3+. The Labute approximate surface area is 67.7 Å². The van der Waals surface area contributed by atoms with Crippen molar-refractivity contribution in [1.82, 2.24) is 0 Å². The maximum Gasteiger partial charge on any atom is 0.483 e. The lowest BCUT2D eigenvalue weighted by molar-refractivity contribution is 0.205. The third-order valence-corrected chi connectivity index (χ3v) is 1.67. The van der Waals surface area contributed by atoms with E-state index in [4.69, 9.17) is 9.68 Å². The summed E-state index contributed by atoms with van der Waals surface area (Å²) in [6, 6.07) is 0. The molecule has 1 aliphatic heterocycles. The van der Waals surface area contributed by atoms with Gasteiger partial charge in [-0.05, 0) is 20.3 Å². The predicted molar refractivity (Wildman–Crippen MR) is 46.0 cm³/mol. The molecule has 1 rings (SSSR count). The van der Waals surface area contributed by atoms with Crippen LogP contribution in [0.4, 0.5) is 0 Å². The topological polar surface area (TPSA) is 29.5 Å². The van der Waals surface area contributed by atoms with E-state index in [1.165, 1.54) is 5.57 Å². The smallest absolute Gasteiger partial charge is 0.423 e. The molecular formula is C8H13BO2. The highest BCUT2D eigenvalue weighted by atomic mass is 16.5. The van der Waals surface area contributed by atoms with Crippen LogP contribution in [-0.2, 0) is 4.65 Å². The van der Waals surface area contributed by atoms with E-state index in [2.05, 4.69) is 0 Å². The molecule has 2 nitrogen and oxygen atoms in total. The van der Waals surface area contributed by atoms with Gasteiger partial charge in [-0.25, -0.2) is 0 Å². The minimum absolute atomic E-state index is 0.0556. The molecule has 0 bridgehead atoms. The molecule has 0 saturated heterocycles. The van der Waals surface area contributed by atoms with Gasteiger partial charge in [0, 0.05) is 0 Å². The molecule has 0 aromatic heterocycles. The van der Waals surface area contributed by atoms with Crippen LogP contribution in [-0.4, -0.2) is 18.2 Å². The first-order chi connectivity index (χ1) is 5.22. The summed E-state index contributed by atoms with van der Waals surface area (Å²) in [6.45, 7) is 3.95. The summed E-state index contributed by atoms with van der Waals surface area (Å²) in [5.41, 5.74) is 1.19. The van der Waals surface area contributed by atoms with Gasteiger partial charge in [0.05, 0.1) is 6.10 Å². The minimum Gasteiger partial charge on any atom is -0.423 e. The Bertz CT molecular complexity index is 187. The fourth-order valence-corrected chi connectivity index (χ4v) is 1.22. The highest BCUT2D eigenvalue weighted by Crippen LogP contribution is 2.16. The Balaban J connectivity index is 2.57. The van der Waals surface area contributed by atoms with Crippen LogP contribution in [0.25, 0.3) is 0 Å². The molecule has 1 N–H and O–H groups in total. The maximum absolute atomic E-state index is 9.14. The Morgan fingerprint density at radius 2 is 2.55 bits per heavy atom. The molecule has 3 heteroatoms. The zero-order chi connectivity index (χ0) is 8.27.